The van der Waals surface area contributed by atoms with Crippen LogP contribution < -0.4 is 5.73 Å². The molecule has 2 aromatic rings. The third-order valence-corrected chi connectivity index (χ3v) is 3.27. The van der Waals surface area contributed by atoms with Gasteiger partial charge >= 0.3 is 0 Å². The van der Waals surface area contributed by atoms with Crippen molar-refractivity contribution in [2.24, 2.45) is 5.92 Å². The molecule has 3 rings (SSSR count). The monoisotopic (exact) mass is 219 g/mol. The van der Waals surface area contributed by atoms with Crippen LogP contribution in [0.4, 0.5) is 5.95 Å². The van der Waals surface area contributed by atoms with E-state index in [0.29, 0.717) is 5.95 Å². The summed E-state index contributed by atoms with van der Waals surface area (Å²) >= 11 is 0. The van der Waals surface area contributed by atoms with Crippen molar-refractivity contribution in [3.8, 4) is 0 Å². The standard InChI is InChI=1S/C11H17N5/c1-3-16-10-9(7(2)14-16)13-11(12)15(10)6-8-4-5-8/h8H,3-6H2,1-2H3,(H2,12,13). The highest BCUT2D eigenvalue weighted by atomic mass is 15.4. The average molecular weight is 219 g/mol. The fourth-order valence-corrected chi connectivity index (χ4v) is 2.20. The summed E-state index contributed by atoms with van der Waals surface area (Å²) < 4.78 is 4.12. The number of nitrogen functional groups attached to an aromatic ring is 1. The molecule has 0 saturated heterocycles. The normalized spacial score (nSPS) is 16.1. The first-order valence-electron chi connectivity index (χ1n) is 5.89. The second-order valence-corrected chi connectivity index (χ2v) is 4.60. The minimum atomic E-state index is 0.629. The average Bonchev–Trinajstić information content (AvgIpc) is 2.95. The molecule has 0 radical (unpaired) electrons. The van der Waals surface area contributed by atoms with E-state index >= 15 is 0 Å². The van der Waals surface area contributed by atoms with Gasteiger partial charge in [-0.1, -0.05) is 0 Å². The highest BCUT2D eigenvalue weighted by Crippen LogP contribution is 2.33. The Morgan fingerprint density at radius 1 is 1.44 bits per heavy atom. The van der Waals surface area contributed by atoms with Crippen LogP contribution in [0.15, 0.2) is 0 Å². The van der Waals surface area contributed by atoms with Crippen molar-refractivity contribution in [3.63, 3.8) is 0 Å². The van der Waals surface area contributed by atoms with E-state index in [1.807, 2.05) is 11.6 Å². The molecule has 2 aromatic heterocycles. The molecule has 0 aromatic carbocycles. The van der Waals surface area contributed by atoms with E-state index in [1.54, 1.807) is 0 Å². The Bertz CT molecular complexity index is 532. The summed E-state index contributed by atoms with van der Waals surface area (Å²) in [6.45, 7) is 5.94. The zero-order chi connectivity index (χ0) is 11.3. The molecule has 0 atom stereocenters. The largest absolute Gasteiger partial charge is 0.369 e. The molecule has 2 N–H and O–H groups in total. The van der Waals surface area contributed by atoms with E-state index in [-0.39, 0.29) is 0 Å². The number of nitrogens with zero attached hydrogens (tertiary/aromatic N) is 4. The molecule has 1 aliphatic rings. The number of nitrogens with two attached hydrogens (primary N) is 1. The van der Waals surface area contributed by atoms with Crippen molar-refractivity contribution < 1.29 is 0 Å². The molecule has 1 aliphatic carbocycles. The van der Waals surface area contributed by atoms with Gasteiger partial charge in [-0.25, -0.2) is 9.67 Å². The van der Waals surface area contributed by atoms with Crippen LogP contribution in [0.3, 0.4) is 0 Å². The quantitative estimate of drug-likeness (QED) is 0.852. The molecular weight excluding hydrogens is 202 g/mol. The van der Waals surface area contributed by atoms with Gasteiger partial charge in [0.2, 0.25) is 5.95 Å². The van der Waals surface area contributed by atoms with Gasteiger partial charge in [-0.3, -0.25) is 4.57 Å². The predicted molar refractivity (Wildman–Crippen MR) is 63.1 cm³/mol. The van der Waals surface area contributed by atoms with Gasteiger partial charge in [0.05, 0.1) is 5.69 Å². The van der Waals surface area contributed by atoms with Gasteiger partial charge in [-0.15, -0.1) is 0 Å². The first-order chi connectivity index (χ1) is 7.70. The highest BCUT2D eigenvalue weighted by molar-refractivity contribution is 5.77. The van der Waals surface area contributed by atoms with Gasteiger partial charge in [0.15, 0.2) is 5.65 Å². The van der Waals surface area contributed by atoms with E-state index in [0.717, 1.165) is 35.9 Å². The summed E-state index contributed by atoms with van der Waals surface area (Å²) in [5, 5.41) is 4.48. The lowest BCUT2D eigenvalue weighted by Gasteiger charge is -2.06. The molecule has 0 aliphatic heterocycles. The maximum absolute atomic E-state index is 5.98. The second-order valence-electron chi connectivity index (χ2n) is 4.60. The Labute approximate surface area is 94.2 Å². The second kappa shape index (κ2) is 3.23. The lowest BCUT2D eigenvalue weighted by molar-refractivity contribution is 0.603. The summed E-state index contributed by atoms with van der Waals surface area (Å²) in [5.41, 5.74) is 8.99. The number of fused-ring (bicyclic) bond motifs is 1. The summed E-state index contributed by atoms with van der Waals surface area (Å²) in [6, 6.07) is 0. The number of aryl methyl sites for hydroxylation is 2. The van der Waals surface area contributed by atoms with Crippen LogP contribution in [0, 0.1) is 12.8 Å². The zero-order valence-corrected chi connectivity index (χ0v) is 9.77. The smallest absolute Gasteiger partial charge is 0.202 e. The number of hydrogen-bond acceptors (Lipinski definition) is 3. The minimum Gasteiger partial charge on any atom is -0.369 e. The van der Waals surface area contributed by atoms with Crippen LogP contribution in [0.5, 0.6) is 0 Å². The number of rotatable bonds is 3. The van der Waals surface area contributed by atoms with Crippen LogP contribution in [0.1, 0.15) is 25.5 Å². The molecule has 0 unspecified atom stereocenters. The summed E-state index contributed by atoms with van der Waals surface area (Å²) in [4.78, 5) is 4.42. The van der Waals surface area contributed by atoms with E-state index in [4.69, 9.17) is 5.73 Å². The van der Waals surface area contributed by atoms with Gasteiger partial charge in [-0.2, -0.15) is 5.10 Å². The summed E-state index contributed by atoms with van der Waals surface area (Å²) in [5.74, 6) is 1.42. The third-order valence-electron chi connectivity index (χ3n) is 3.27. The summed E-state index contributed by atoms with van der Waals surface area (Å²) in [6.07, 6.45) is 2.64. The number of anilines is 1. The molecule has 0 spiro atoms. The van der Waals surface area contributed by atoms with Gasteiger partial charge in [0, 0.05) is 13.1 Å². The molecule has 0 bridgehead atoms. The highest BCUT2D eigenvalue weighted by Gasteiger charge is 2.25. The molecular formula is C11H17N5. The molecule has 5 nitrogen and oxygen atoms in total. The van der Waals surface area contributed by atoms with Gasteiger partial charge in [0.25, 0.3) is 0 Å². The molecule has 1 fully saturated rings. The fraction of sp³-hybridized carbons (Fsp3) is 0.636. The molecule has 0 amide bonds. The Balaban J connectivity index is 2.18. The van der Waals surface area contributed by atoms with Crippen molar-refractivity contribution >= 4 is 17.1 Å². The van der Waals surface area contributed by atoms with Crippen molar-refractivity contribution in [2.75, 3.05) is 5.73 Å². The first kappa shape index (κ1) is 9.69. The van der Waals surface area contributed by atoms with Crippen LogP contribution in [0.25, 0.3) is 11.2 Å². The maximum Gasteiger partial charge on any atom is 0.202 e. The lowest BCUT2D eigenvalue weighted by atomic mass is 10.4. The Morgan fingerprint density at radius 3 is 2.81 bits per heavy atom. The molecule has 16 heavy (non-hydrogen) atoms. The lowest BCUT2D eigenvalue weighted by Crippen LogP contribution is -2.09. The molecule has 1 saturated carbocycles. The molecule has 5 heteroatoms. The van der Waals surface area contributed by atoms with Crippen molar-refractivity contribution in [1.29, 1.82) is 0 Å². The molecule has 86 valence electrons. The van der Waals surface area contributed by atoms with Crippen LogP contribution >= 0.6 is 0 Å². The zero-order valence-electron chi connectivity index (χ0n) is 9.77. The van der Waals surface area contributed by atoms with Crippen LogP contribution in [0.2, 0.25) is 0 Å². The molecule has 2 heterocycles. The van der Waals surface area contributed by atoms with Crippen LogP contribution in [-0.2, 0) is 13.1 Å². The van der Waals surface area contributed by atoms with Crippen LogP contribution in [-0.4, -0.2) is 19.3 Å². The SMILES string of the molecule is CCn1nc(C)c2nc(N)n(CC3CC3)c21. The van der Waals surface area contributed by atoms with Crippen molar-refractivity contribution in [2.45, 2.75) is 39.8 Å². The van der Waals surface area contributed by atoms with E-state index in [9.17, 15) is 0 Å². The van der Waals surface area contributed by atoms with E-state index in [2.05, 4.69) is 21.6 Å². The topological polar surface area (TPSA) is 61.7 Å². The first-order valence-corrected chi connectivity index (χ1v) is 5.89. The Morgan fingerprint density at radius 2 is 2.19 bits per heavy atom. The van der Waals surface area contributed by atoms with Crippen molar-refractivity contribution in [1.82, 2.24) is 19.3 Å². The Kier molecular flexibility index (Phi) is 1.96. The summed E-state index contributed by atoms with van der Waals surface area (Å²) in [7, 11) is 0. The fourth-order valence-electron chi connectivity index (χ4n) is 2.20. The van der Waals surface area contributed by atoms with E-state index in [1.165, 1.54) is 12.8 Å². The third kappa shape index (κ3) is 1.31. The predicted octanol–water partition coefficient (Wildman–Crippen LogP) is 1.55. The minimum absolute atomic E-state index is 0.629. The maximum atomic E-state index is 5.98. The van der Waals surface area contributed by atoms with Gasteiger partial charge in [-0.05, 0) is 32.6 Å². The van der Waals surface area contributed by atoms with Crippen molar-refractivity contribution in [3.05, 3.63) is 5.69 Å². The van der Waals surface area contributed by atoms with Gasteiger partial charge in [0.1, 0.15) is 5.52 Å². The van der Waals surface area contributed by atoms with E-state index < -0.39 is 0 Å². The Hall–Kier alpha value is -1.52. The number of aromatic nitrogens is 4. The number of imidazole rings is 1. The van der Waals surface area contributed by atoms with Gasteiger partial charge < -0.3 is 5.73 Å². The number of hydrogen-bond donors (Lipinski definition) is 1.